The fraction of sp³-hybridized carbons (Fsp3) is 0.692. The van der Waals surface area contributed by atoms with Gasteiger partial charge >= 0.3 is 0 Å². The SMILES string of the molecule is CC(C)c1nc2c(c(C(C)C)n1)COCCN2. The van der Waals surface area contributed by atoms with Gasteiger partial charge in [-0.3, -0.25) is 0 Å². The second-order valence-corrected chi connectivity index (χ2v) is 5.08. The Morgan fingerprint density at radius 1 is 1.12 bits per heavy atom. The average molecular weight is 235 g/mol. The van der Waals surface area contributed by atoms with Gasteiger partial charge in [-0.05, 0) is 5.92 Å². The predicted octanol–water partition coefficient (Wildman–Crippen LogP) is 2.67. The van der Waals surface area contributed by atoms with E-state index in [0.717, 1.165) is 36.1 Å². The summed E-state index contributed by atoms with van der Waals surface area (Å²) in [5.41, 5.74) is 2.25. The first kappa shape index (κ1) is 12.3. The van der Waals surface area contributed by atoms with Gasteiger partial charge in [-0.2, -0.15) is 0 Å². The van der Waals surface area contributed by atoms with Crippen LogP contribution in [0.5, 0.6) is 0 Å². The number of ether oxygens (including phenoxy) is 1. The fourth-order valence-corrected chi connectivity index (χ4v) is 1.96. The van der Waals surface area contributed by atoms with Crippen LogP contribution in [0, 0.1) is 0 Å². The summed E-state index contributed by atoms with van der Waals surface area (Å²) >= 11 is 0. The van der Waals surface area contributed by atoms with E-state index in [4.69, 9.17) is 9.72 Å². The second-order valence-electron chi connectivity index (χ2n) is 5.08. The van der Waals surface area contributed by atoms with Gasteiger partial charge in [-0.15, -0.1) is 0 Å². The van der Waals surface area contributed by atoms with Crippen molar-refractivity contribution in [3.63, 3.8) is 0 Å². The van der Waals surface area contributed by atoms with Crippen molar-refractivity contribution >= 4 is 5.82 Å². The molecule has 2 heterocycles. The quantitative estimate of drug-likeness (QED) is 0.856. The summed E-state index contributed by atoms with van der Waals surface area (Å²) in [7, 11) is 0. The van der Waals surface area contributed by atoms with Crippen LogP contribution in [0.2, 0.25) is 0 Å². The molecule has 94 valence electrons. The van der Waals surface area contributed by atoms with Crippen LogP contribution in [0.1, 0.15) is 56.6 Å². The zero-order valence-corrected chi connectivity index (χ0v) is 11.1. The molecule has 0 atom stereocenters. The molecule has 2 rings (SSSR count). The van der Waals surface area contributed by atoms with E-state index in [1.165, 1.54) is 0 Å². The van der Waals surface area contributed by atoms with Gasteiger partial charge in [0.05, 0.1) is 18.9 Å². The average Bonchev–Trinajstić information content (AvgIpc) is 2.51. The summed E-state index contributed by atoms with van der Waals surface area (Å²) in [5.74, 6) is 2.63. The molecule has 17 heavy (non-hydrogen) atoms. The Bertz CT molecular complexity index is 402. The smallest absolute Gasteiger partial charge is 0.135 e. The molecule has 4 nitrogen and oxygen atoms in total. The molecular weight excluding hydrogens is 214 g/mol. The van der Waals surface area contributed by atoms with Crippen LogP contribution in [0.15, 0.2) is 0 Å². The molecule has 0 radical (unpaired) electrons. The summed E-state index contributed by atoms with van der Waals surface area (Å²) in [4.78, 5) is 9.31. The molecule has 0 spiro atoms. The van der Waals surface area contributed by atoms with E-state index >= 15 is 0 Å². The van der Waals surface area contributed by atoms with E-state index in [2.05, 4.69) is 38.0 Å². The number of nitrogens with zero attached hydrogens (tertiary/aromatic N) is 2. The number of hydrogen-bond donors (Lipinski definition) is 1. The van der Waals surface area contributed by atoms with Gasteiger partial charge in [0.25, 0.3) is 0 Å². The lowest BCUT2D eigenvalue weighted by Gasteiger charge is -2.16. The number of aromatic nitrogens is 2. The van der Waals surface area contributed by atoms with Crippen molar-refractivity contribution in [2.45, 2.75) is 46.1 Å². The third kappa shape index (κ3) is 2.57. The lowest BCUT2D eigenvalue weighted by Crippen LogP contribution is -2.12. The van der Waals surface area contributed by atoms with Crippen LogP contribution in [-0.2, 0) is 11.3 Å². The third-order valence-electron chi connectivity index (χ3n) is 2.90. The highest BCUT2D eigenvalue weighted by atomic mass is 16.5. The molecule has 0 saturated heterocycles. The molecule has 1 aromatic heterocycles. The molecule has 0 fully saturated rings. The molecule has 0 amide bonds. The number of fused-ring (bicyclic) bond motifs is 1. The Kier molecular flexibility index (Phi) is 3.62. The zero-order chi connectivity index (χ0) is 12.4. The molecule has 0 saturated carbocycles. The Labute approximate surface area is 103 Å². The molecular formula is C13H21N3O. The highest BCUT2D eigenvalue weighted by molar-refractivity contribution is 5.48. The Balaban J connectivity index is 2.51. The van der Waals surface area contributed by atoms with Gasteiger partial charge in [0.2, 0.25) is 0 Å². The monoisotopic (exact) mass is 235 g/mol. The highest BCUT2D eigenvalue weighted by Crippen LogP contribution is 2.27. The number of hydrogen-bond acceptors (Lipinski definition) is 4. The van der Waals surface area contributed by atoms with Crippen LogP contribution in [0.25, 0.3) is 0 Å². The van der Waals surface area contributed by atoms with Gasteiger partial charge < -0.3 is 10.1 Å². The third-order valence-corrected chi connectivity index (χ3v) is 2.90. The van der Waals surface area contributed by atoms with Crippen LogP contribution < -0.4 is 5.32 Å². The summed E-state index contributed by atoms with van der Waals surface area (Å²) < 4.78 is 5.57. The minimum Gasteiger partial charge on any atom is -0.375 e. The van der Waals surface area contributed by atoms with E-state index in [1.54, 1.807) is 0 Å². The van der Waals surface area contributed by atoms with E-state index in [9.17, 15) is 0 Å². The molecule has 1 aliphatic heterocycles. The molecule has 0 unspecified atom stereocenters. The molecule has 1 aliphatic rings. The van der Waals surface area contributed by atoms with Crippen molar-refractivity contribution in [1.29, 1.82) is 0 Å². The van der Waals surface area contributed by atoms with Crippen molar-refractivity contribution in [3.8, 4) is 0 Å². The summed E-state index contributed by atoms with van der Waals surface area (Å²) in [6.45, 7) is 10.7. The highest BCUT2D eigenvalue weighted by Gasteiger charge is 2.19. The van der Waals surface area contributed by atoms with Crippen molar-refractivity contribution in [2.75, 3.05) is 18.5 Å². The maximum Gasteiger partial charge on any atom is 0.135 e. The number of nitrogens with one attached hydrogen (secondary N) is 1. The second kappa shape index (κ2) is 5.00. The summed E-state index contributed by atoms with van der Waals surface area (Å²) in [5, 5.41) is 3.34. The van der Waals surface area contributed by atoms with E-state index in [0.29, 0.717) is 18.4 Å². The summed E-state index contributed by atoms with van der Waals surface area (Å²) in [6.07, 6.45) is 0. The first-order valence-electron chi connectivity index (χ1n) is 6.32. The minimum atomic E-state index is 0.351. The Morgan fingerprint density at radius 2 is 1.88 bits per heavy atom. The molecule has 1 N–H and O–H groups in total. The van der Waals surface area contributed by atoms with Crippen molar-refractivity contribution < 1.29 is 4.74 Å². The molecule has 0 aliphatic carbocycles. The zero-order valence-electron chi connectivity index (χ0n) is 11.1. The van der Waals surface area contributed by atoms with E-state index < -0.39 is 0 Å². The lowest BCUT2D eigenvalue weighted by molar-refractivity contribution is 0.133. The largest absolute Gasteiger partial charge is 0.375 e. The van der Waals surface area contributed by atoms with E-state index in [-0.39, 0.29) is 0 Å². The topological polar surface area (TPSA) is 47.0 Å². The van der Waals surface area contributed by atoms with Gasteiger partial charge in [0.1, 0.15) is 11.6 Å². The first-order chi connectivity index (χ1) is 8.09. The van der Waals surface area contributed by atoms with Crippen LogP contribution in [-0.4, -0.2) is 23.1 Å². The summed E-state index contributed by atoms with van der Waals surface area (Å²) in [6, 6.07) is 0. The molecule has 4 heteroatoms. The fourth-order valence-electron chi connectivity index (χ4n) is 1.96. The lowest BCUT2D eigenvalue weighted by atomic mass is 10.0. The Hall–Kier alpha value is -1.16. The van der Waals surface area contributed by atoms with Crippen molar-refractivity contribution in [2.24, 2.45) is 0 Å². The maximum absolute atomic E-state index is 5.57. The minimum absolute atomic E-state index is 0.351. The van der Waals surface area contributed by atoms with Crippen LogP contribution in [0.4, 0.5) is 5.82 Å². The number of rotatable bonds is 2. The van der Waals surface area contributed by atoms with Gasteiger partial charge in [-0.1, -0.05) is 27.7 Å². The van der Waals surface area contributed by atoms with E-state index in [1.807, 2.05) is 0 Å². The normalized spacial score (nSPS) is 15.6. The molecule has 1 aromatic rings. The first-order valence-corrected chi connectivity index (χ1v) is 6.32. The Morgan fingerprint density at radius 3 is 2.53 bits per heavy atom. The van der Waals surface area contributed by atoms with Gasteiger partial charge in [0.15, 0.2) is 0 Å². The van der Waals surface area contributed by atoms with Crippen LogP contribution >= 0.6 is 0 Å². The molecule has 0 bridgehead atoms. The predicted molar refractivity (Wildman–Crippen MR) is 68.4 cm³/mol. The standard InChI is InChI=1S/C13H21N3O/c1-8(2)11-10-7-17-6-5-14-13(10)16-12(15-11)9(3)4/h8-9H,5-7H2,1-4H3,(H,14,15,16). The molecule has 0 aromatic carbocycles. The van der Waals surface area contributed by atoms with Gasteiger partial charge in [-0.25, -0.2) is 9.97 Å². The van der Waals surface area contributed by atoms with Crippen LogP contribution in [0.3, 0.4) is 0 Å². The van der Waals surface area contributed by atoms with Crippen molar-refractivity contribution in [3.05, 3.63) is 17.1 Å². The number of anilines is 1. The van der Waals surface area contributed by atoms with Crippen molar-refractivity contribution in [1.82, 2.24) is 9.97 Å². The maximum atomic E-state index is 5.57. The van der Waals surface area contributed by atoms with Gasteiger partial charge in [0, 0.05) is 18.0 Å².